The number of carbonyl (C=O) groups excluding carboxylic acids is 1. The van der Waals surface area contributed by atoms with Crippen molar-refractivity contribution in [2.24, 2.45) is 5.92 Å². The molecule has 0 radical (unpaired) electrons. The van der Waals surface area contributed by atoms with Crippen LogP contribution in [0, 0.1) is 17.2 Å². The molecule has 9 heavy (non-hydrogen) atoms. The number of carbonyl (C=O) groups is 1. The summed E-state index contributed by atoms with van der Waals surface area (Å²) in [6.45, 7) is 0. The number of hydrogen-bond acceptors (Lipinski definition) is 2. The topological polar surface area (TPSA) is 40.9 Å². The first-order chi connectivity index (χ1) is 4.34. The van der Waals surface area contributed by atoms with Crippen LogP contribution >= 0.6 is 0 Å². The van der Waals surface area contributed by atoms with Gasteiger partial charge in [0.05, 0.1) is 6.07 Å². The van der Waals surface area contributed by atoms with E-state index < -0.39 is 0 Å². The molecule has 1 saturated carbocycles. The van der Waals surface area contributed by atoms with Gasteiger partial charge in [0.2, 0.25) is 0 Å². The number of hydrogen-bond donors (Lipinski definition) is 0. The van der Waals surface area contributed by atoms with E-state index in [-0.39, 0.29) is 11.7 Å². The second kappa shape index (κ2) is 2.63. The third kappa shape index (κ3) is 1.29. The predicted octanol–water partition coefficient (Wildman–Crippen LogP) is 1.27. The molecule has 0 aromatic rings. The molecule has 1 fully saturated rings. The van der Waals surface area contributed by atoms with Gasteiger partial charge in [-0.15, -0.1) is 0 Å². The van der Waals surface area contributed by atoms with Crippen molar-refractivity contribution >= 4 is 5.78 Å². The average molecular weight is 123 g/mol. The fraction of sp³-hybridized carbons (Fsp3) is 0.714. The molecule has 0 aromatic carbocycles. The molecule has 0 N–H and O–H groups in total. The summed E-state index contributed by atoms with van der Waals surface area (Å²) in [5.41, 5.74) is 0. The van der Waals surface area contributed by atoms with Gasteiger partial charge in [-0.1, -0.05) is 0 Å². The minimum absolute atomic E-state index is 0.0787. The molecule has 1 rings (SSSR count). The molecule has 2 heteroatoms. The lowest BCUT2D eigenvalue weighted by atomic mass is 10.0. The first-order valence-electron chi connectivity index (χ1n) is 3.24. The van der Waals surface area contributed by atoms with E-state index in [0.717, 1.165) is 12.8 Å². The quantitative estimate of drug-likeness (QED) is 0.526. The van der Waals surface area contributed by atoms with Gasteiger partial charge in [0, 0.05) is 18.8 Å². The average Bonchev–Trinajstić information content (AvgIpc) is 2.18. The zero-order valence-electron chi connectivity index (χ0n) is 5.26. The van der Waals surface area contributed by atoms with E-state index in [1.807, 2.05) is 6.07 Å². The van der Waals surface area contributed by atoms with Crippen LogP contribution in [0.1, 0.15) is 25.7 Å². The van der Waals surface area contributed by atoms with Gasteiger partial charge < -0.3 is 0 Å². The van der Waals surface area contributed by atoms with Gasteiger partial charge in [-0.3, -0.25) is 4.79 Å². The maximum absolute atomic E-state index is 10.8. The molecule has 1 aliphatic carbocycles. The molecule has 0 bridgehead atoms. The van der Waals surface area contributed by atoms with E-state index in [4.69, 9.17) is 5.26 Å². The first kappa shape index (κ1) is 6.28. The lowest BCUT2D eigenvalue weighted by Gasteiger charge is -1.97. The van der Waals surface area contributed by atoms with Crippen molar-refractivity contribution in [1.82, 2.24) is 0 Å². The highest BCUT2D eigenvalue weighted by Crippen LogP contribution is 2.23. The van der Waals surface area contributed by atoms with E-state index in [1.54, 1.807) is 0 Å². The van der Waals surface area contributed by atoms with E-state index in [9.17, 15) is 4.79 Å². The largest absolute Gasteiger partial charge is 0.299 e. The molecule has 0 unspecified atom stereocenters. The van der Waals surface area contributed by atoms with Crippen molar-refractivity contribution in [3.63, 3.8) is 0 Å². The van der Waals surface area contributed by atoms with Gasteiger partial charge in [0.15, 0.2) is 0 Å². The second-order valence-electron chi connectivity index (χ2n) is 2.42. The summed E-state index contributed by atoms with van der Waals surface area (Å²) >= 11 is 0. The Bertz CT molecular complexity index is 157. The minimum atomic E-state index is 0.0787. The first-order valence-corrected chi connectivity index (χ1v) is 3.24. The number of ketones is 1. The fourth-order valence-electron chi connectivity index (χ4n) is 1.21. The van der Waals surface area contributed by atoms with Gasteiger partial charge >= 0.3 is 0 Å². The Hall–Kier alpha value is -0.840. The second-order valence-corrected chi connectivity index (χ2v) is 2.42. The molecule has 0 aliphatic heterocycles. The predicted molar refractivity (Wildman–Crippen MR) is 32.6 cm³/mol. The van der Waals surface area contributed by atoms with Crippen LogP contribution in [0.2, 0.25) is 0 Å². The summed E-state index contributed by atoms with van der Waals surface area (Å²) in [6.07, 6.45) is 3.06. The van der Waals surface area contributed by atoms with Crippen molar-refractivity contribution in [1.29, 1.82) is 5.26 Å². The normalized spacial score (nSPS) is 26.1. The molecule has 1 atom stereocenters. The zero-order chi connectivity index (χ0) is 6.69. The SMILES string of the molecule is N#CC[C@@H]1CCCC1=O. The molecule has 0 amide bonds. The van der Waals surface area contributed by atoms with Crippen LogP contribution in [0.15, 0.2) is 0 Å². The van der Waals surface area contributed by atoms with E-state index in [2.05, 4.69) is 0 Å². The zero-order valence-corrected chi connectivity index (χ0v) is 5.26. The highest BCUT2D eigenvalue weighted by atomic mass is 16.1. The van der Waals surface area contributed by atoms with Gasteiger partial charge in [-0.25, -0.2) is 0 Å². The highest BCUT2D eigenvalue weighted by Gasteiger charge is 2.23. The van der Waals surface area contributed by atoms with Crippen LogP contribution in [-0.4, -0.2) is 5.78 Å². The molecule has 2 nitrogen and oxygen atoms in total. The van der Waals surface area contributed by atoms with Crippen molar-refractivity contribution in [2.75, 3.05) is 0 Å². The standard InChI is InChI=1S/C7H9NO/c8-5-4-6-2-1-3-7(6)9/h6H,1-4H2/t6-/m0/s1. The van der Waals surface area contributed by atoms with Crippen LogP contribution in [0.25, 0.3) is 0 Å². The summed E-state index contributed by atoms with van der Waals surface area (Å²) in [6, 6.07) is 2.02. The van der Waals surface area contributed by atoms with Crippen LogP contribution < -0.4 is 0 Å². The Kier molecular flexibility index (Phi) is 1.84. The number of nitriles is 1. The maximum Gasteiger partial charge on any atom is 0.137 e. The summed E-state index contributed by atoms with van der Waals surface area (Å²) < 4.78 is 0. The Labute approximate surface area is 54.5 Å². The third-order valence-electron chi connectivity index (χ3n) is 1.77. The van der Waals surface area contributed by atoms with Gasteiger partial charge in [-0.2, -0.15) is 5.26 Å². The maximum atomic E-state index is 10.8. The van der Waals surface area contributed by atoms with E-state index in [0.29, 0.717) is 12.8 Å². The molecule has 0 saturated heterocycles. The van der Waals surface area contributed by atoms with Gasteiger partial charge in [0.25, 0.3) is 0 Å². The third-order valence-corrected chi connectivity index (χ3v) is 1.77. The lowest BCUT2D eigenvalue weighted by molar-refractivity contribution is -0.120. The Morgan fingerprint density at radius 3 is 3.00 bits per heavy atom. The van der Waals surface area contributed by atoms with Crippen molar-refractivity contribution in [2.45, 2.75) is 25.7 Å². The summed E-state index contributed by atoms with van der Waals surface area (Å²) in [5, 5.41) is 8.24. The number of nitrogens with zero attached hydrogens (tertiary/aromatic N) is 1. The Morgan fingerprint density at radius 2 is 2.56 bits per heavy atom. The molecule has 1 aliphatic rings. The van der Waals surface area contributed by atoms with Gasteiger partial charge in [-0.05, 0) is 12.8 Å². The van der Waals surface area contributed by atoms with Crippen molar-refractivity contribution in [3.05, 3.63) is 0 Å². The van der Waals surface area contributed by atoms with Crippen molar-refractivity contribution in [3.8, 4) is 6.07 Å². The van der Waals surface area contributed by atoms with Crippen molar-refractivity contribution < 1.29 is 4.79 Å². The molecule has 48 valence electrons. The number of Topliss-reactive ketones (excluding diaryl/α,β-unsaturated/α-hetero) is 1. The summed E-state index contributed by atoms with van der Waals surface area (Å²) in [5.74, 6) is 0.367. The fourth-order valence-corrected chi connectivity index (χ4v) is 1.21. The van der Waals surface area contributed by atoms with Crippen LogP contribution in [0.3, 0.4) is 0 Å². The molecular formula is C7H9NO. The van der Waals surface area contributed by atoms with E-state index >= 15 is 0 Å². The van der Waals surface area contributed by atoms with Crippen LogP contribution in [-0.2, 0) is 4.79 Å². The highest BCUT2D eigenvalue weighted by molar-refractivity contribution is 5.83. The number of rotatable bonds is 1. The lowest BCUT2D eigenvalue weighted by Crippen LogP contribution is -2.03. The van der Waals surface area contributed by atoms with Crippen LogP contribution in [0.5, 0.6) is 0 Å². The molecule has 0 spiro atoms. The van der Waals surface area contributed by atoms with Crippen LogP contribution in [0.4, 0.5) is 0 Å². The smallest absolute Gasteiger partial charge is 0.137 e. The summed E-state index contributed by atoms with van der Waals surface area (Å²) in [4.78, 5) is 10.8. The molecule has 0 aromatic heterocycles. The molecule has 0 heterocycles. The Morgan fingerprint density at radius 1 is 1.78 bits per heavy atom. The summed E-state index contributed by atoms with van der Waals surface area (Å²) in [7, 11) is 0. The van der Waals surface area contributed by atoms with E-state index in [1.165, 1.54) is 0 Å². The Balaban J connectivity index is 2.42. The van der Waals surface area contributed by atoms with Gasteiger partial charge in [0.1, 0.15) is 5.78 Å². The molecular weight excluding hydrogens is 114 g/mol. The monoisotopic (exact) mass is 123 g/mol. The minimum Gasteiger partial charge on any atom is -0.299 e.